The lowest BCUT2D eigenvalue weighted by Crippen LogP contribution is -2.32. The molecule has 4 heterocycles. The first-order chi connectivity index (χ1) is 13.2. The number of aromatic nitrogens is 5. The van der Waals surface area contributed by atoms with Crippen LogP contribution in [-0.4, -0.2) is 52.3 Å². The van der Waals surface area contributed by atoms with Gasteiger partial charge in [0.15, 0.2) is 11.3 Å². The number of H-pyrrole nitrogens is 1. The Morgan fingerprint density at radius 1 is 1.22 bits per heavy atom. The van der Waals surface area contributed by atoms with Crippen molar-refractivity contribution < 1.29 is 4.21 Å². The minimum atomic E-state index is -0.673. The summed E-state index contributed by atoms with van der Waals surface area (Å²) in [5.41, 5.74) is 8.45. The maximum Gasteiger partial charge on any atom is 0.197 e. The van der Waals surface area contributed by atoms with Crippen molar-refractivity contribution in [3.8, 4) is 11.3 Å². The molecule has 0 spiro atoms. The minimum absolute atomic E-state index is 0.440. The number of rotatable bonds is 4. The van der Waals surface area contributed by atoms with Gasteiger partial charge in [-0.3, -0.25) is 0 Å². The highest BCUT2D eigenvalue weighted by atomic mass is 32.2. The van der Waals surface area contributed by atoms with Gasteiger partial charge in [0.05, 0.1) is 29.2 Å². The zero-order valence-electron chi connectivity index (χ0n) is 15.5. The Hall–Kier alpha value is -2.39. The SMILES string of the molecule is CCCS(=O)N1CCCCC1.Nc1ncccc1-c1cnc2nc[nH]c2n1. The standard InChI is InChI=1S/C10H8N6.C8H17NOS/c11-8-6(2-1-3-12-8)7-4-13-9-10(16-7)15-5-14-9;1-2-8-11(10)9-6-4-3-5-7-9/h1-5H,(H2,11,12)(H,13,14,15,16);2-8H2,1H3. The fourth-order valence-corrected chi connectivity index (χ4v) is 4.14. The maximum atomic E-state index is 11.4. The van der Waals surface area contributed by atoms with E-state index in [1.165, 1.54) is 19.3 Å². The molecule has 3 aromatic heterocycles. The van der Waals surface area contributed by atoms with Crippen LogP contribution in [0.15, 0.2) is 30.9 Å². The van der Waals surface area contributed by atoms with Crippen molar-refractivity contribution in [2.24, 2.45) is 0 Å². The molecule has 0 saturated carbocycles. The number of hydrogen-bond acceptors (Lipinski definition) is 6. The van der Waals surface area contributed by atoms with Crippen LogP contribution in [0.5, 0.6) is 0 Å². The highest BCUT2D eigenvalue weighted by Gasteiger charge is 2.14. The van der Waals surface area contributed by atoms with E-state index < -0.39 is 11.0 Å². The van der Waals surface area contributed by atoms with Gasteiger partial charge < -0.3 is 10.7 Å². The summed E-state index contributed by atoms with van der Waals surface area (Å²) in [5.74, 6) is 1.29. The quantitative estimate of drug-likeness (QED) is 0.711. The molecule has 8 nitrogen and oxygen atoms in total. The average Bonchev–Trinajstić information content (AvgIpc) is 3.17. The van der Waals surface area contributed by atoms with Gasteiger partial charge in [-0.05, 0) is 31.4 Å². The van der Waals surface area contributed by atoms with E-state index in [1.807, 2.05) is 12.1 Å². The number of aromatic amines is 1. The molecule has 0 bridgehead atoms. The Bertz CT molecular complexity index is 892. The summed E-state index contributed by atoms with van der Waals surface area (Å²) in [6, 6.07) is 3.67. The molecule has 1 saturated heterocycles. The van der Waals surface area contributed by atoms with Crippen LogP contribution in [0.25, 0.3) is 22.6 Å². The lowest BCUT2D eigenvalue weighted by molar-refractivity contribution is 0.365. The van der Waals surface area contributed by atoms with E-state index in [-0.39, 0.29) is 0 Å². The minimum Gasteiger partial charge on any atom is -0.383 e. The Morgan fingerprint density at radius 3 is 2.78 bits per heavy atom. The summed E-state index contributed by atoms with van der Waals surface area (Å²) in [4.78, 5) is 19.4. The van der Waals surface area contributed by atoms with Crippen molar-refractivity contribution in [2.75, 3.05) is 24.6 Å². The molecule has 0 amide bonds. The van der Waals surface area contributed by atoms with Gasteiger partial charge in [-0.25, -0.2) is 28.5 Å². The van der Waals surface area contributed by atoms with E-state index in [1.54, 1.807) is 18.7 Å². The summed E-state index contributed by atoms with van der Waals surface area (Å²) in [6.45, 7) is 4.18. The number of nitrogens with one attached hydrogen (secondary N) is 1. The van der Waals surface area contributed by atoms with Crippen LogP contribution in [-0.2, 0) is 11.0 Å². The number of anilines is 1. The van der Waals surface area contributed by atoms with Crippen molar-refractivity contribution in [2.45, 2.75) is 32.6 Å². The molecule has 27 heavy (non-hydrogen) atoms. The Labute approximate surface area is 161 Å². The summed E-state index contributed by atoms with van der Waals surface area (Å²) >= 11 is 0. The number of nitrogen functional groups attached to an aromatic ring is 1. The molecule has 0 aromatic carbocycles. The van der Waals surface area contributed by atoms with Gasteiger partial charge in [-0.15, -0.1) is 0 Å². The summed E-state index contributed by atoms with van der Waals surface area (Å²) < 4.78 is 13.6. The molecule has 0 radical (unpaired) electrons. The van der Waals surface area contributed by atoms with Gasteiger partial charge in [-0.2, -0.15) is 0 Å². The molecule has 0 aliphatic carbocycles. The van der Waals surface area contributed by atoms with Crippen LogP contribution >= 0.6 is 0 Å². The van der Waals surface area contributed by atoms with Crippen molar-refractivity contribution >= 4 is 28.1 Å². The predicted octanol–water partition coefficient (Wildman–Crippen LogP) is 2.54. The molecule has 3 N–H and O–H groups in total. The molecule has 1 atom stereocenters. The molecule has 3 aromatic rings. The van der Waals surface area contributed by atoms with Crippen LogP contribution < -0.4 is 5.73 Å². The van der Waals surface area contributed by atoms with E-state index in [2.05, 4.69) is 36.1 Å². The zero-order valence-corrected chi connectivity index (χ0v) is 16.3. The molecular weight excluding hydrogens is 362 g/mol. The molecule has 1 aliphatic heterocycles. The lowest BCUT2D eigenvalue weighted by Gasteiger charge is -2.24. The van der Waals surface area contributed by atoms with Gasteiger partial charge in [0.2, 0.25) is 0 Å². The largest absolute Gasteiger partial charge is 0.383 e. The molecule has 4 rings (SSSR count). The second kappa shape index (κ2) is 9.52. The molecule has 1 unspecified atom stereocenters. The first kappa shape index (κ1) is 19.4. The smallest absolute Gasteiger partial charge is 0.197 e. The molecular formula is C18H25N7OS. The van der Waals surface area contributed by atoms with Crippen LogP contribution in [0, 0.1) is 0 Å². The number of nitrogens with zero attached hydrogens (tertiary/aromatic N) is 5. The lowest BCUT2D eigenvalue weighted by atomic mass is 10.2. The number of fused-ring (bicyclic) bond motifs is 1. The van der Waals surface area contributed by atoms with E-state index in [9.17, 15) is 4.21 Å². The number of piperidine rings is 1. The normalized spacial score (nSPS) is 15.9. The highest BCUT2D eigenvalue weighted by molar-refractivity contribution is 7.82. The molecule has 1 aliphatic rings. The highest BCUT2D eigenvalue weighted by Crippen LogP contribution is 2.21. The van der Waals surface area contributed by atoms with E-state index in [0.29, 0.717) is 22.8 Å². The first-order valence-electron chi connectivity index (χ1n) is 9.19. The summed E-state index contributed by atoms with van der Waals surface area (Å²) in [6.07, 6.45) is 9.65. The van der Waals surface area contributed by atoms with Gasteiger partial charge in [-0.1, -0.05) is 13.3 Å². The van der Waals surface area contributed by atoms with Crippen LogP contribution in [0.4, 0.5) is 5.82 Å². The Morgan fingerprint density at radius 2 is 2.04 bits per heavy atom. The Kier molecular flexibility index (Phi) is 6.83. The number of nitrogens with two attached hydrogens (primary N) is 1. The average molecular weight is 388 g/mol. The van der Waals surface area contributed by atoms with Crippen molar-refractivity contribution in [1.29, 1.82) is 0 Å². The molecule has 144 valence electrons. The second-order valence-corrected chi connectivity index (χ2v) is 7.85. The maximum absolute atomic E-state index is 11.4. The van der Waals surface area contributed by atoms with E-state index in [4.69, 9.17) is 5.73 Å². The predicted molar refractivity (Wildman–Crippen MR) is 108 cm³/mol. The van der Waals surface area contributed by atoms with Gasteiger partial charge in [0.1, 0.15) is 5.82 Å². The summed E-state index contributed by atoms with van der Waals surface area (Å²) in [5, 5.41) is 0. The fraction of sp³-hybridized carbons (Fsp3) is 0.444. The molecule has 9 heteroatoms. The van der Waals surface area contributed by atoms with Crippen LogP contribution in [0.1, 0.15) is 32.6 Å². The summed E-state index contributed by atoms with van der Waals surface area (Å²) in [7, 11) is -0.673. The number of imidazole rings is 1. The number of hydrogen-bond donors (Lipinski definition) is 2. The number of pyridine rings is 1. The van der Waals surface area contributed by atoms with Crippen LogP contribution in [0.2, 0.25) is 0 Å². The third-order valence-corrected chi connectivity index (χ3v) is 5.94. The zero-order chi connectivity index (χ0) is 19.1. The molecule has 1 fully saturated rings. The topological polar surface area (TPSA) is 114 Å². The fourth-order valence-electron chi connectivity index (χ4n) is 2.86. The third kappa shape index (κ3) is 5.08. The van der Waals surface area contributed by atoms with Crippen LogP contribution in [0.3, 0.4) is 0 Å². The van der Waals surface area contributed by atoms with E-state index >= 15 is 0 Å². The second-order valence-electron chi connectivity index (χ2n) is 6.28. The first-order valence-corrected chi connectivity index (χ1v) is 10.5. The van der Waals surface area contributed by atoms with Gasteiger partial charge >= 0.3 is 0 Å². The van der Waals surface area contributed by atoms with Gasteiger partial charge in [0, 0.05) is 30.6 Å². The third-order valence-electron chi connectivity index (χ3n) is 4.24. The monoisotopic (exact) mass is 387 g/mol. The van der Waals surface area contributed by atoms with E-state index in [0.717, 1.165) is 30.8 Å². The van der Waals surface area contributed by atoms with Crippen molar-refractivity contribution in [3.05, 3.63) is 30.9 Å². The van der Waals surface area contributed by atoms with Crippen molar-refractivity contribution in [3.63, 3.8) is 0 Å². The van der Waals surface area contributed by atoms with Crippen molar-refractivity contribution in [1.82, 2.24) is 29.2 Å². The van der Waals surface area contributed by atoms with Gasteiger partial charge in [0.25, 0.3) is 0 Å². The Balaban J connectivity index is 0.000000168.